The van der Waals surface area contributed by atoms with Crippen molar-refractivity contribution in [3.05, 3.63) is 70.7 Å². The second kappa shape index (κ2) is 8.72. The highest BCUT2D eigenvalue weighted by atomic mass is 32.1. The van der Waals surface area contributed by atoms with Gasteiger partial charge in [-0.05, 0) is 24.6 Å². The van der Waals surface area contributed by atoms with Crippen LogP contribution in [0.15, 0.2) is 54.6 Å². The maximum absolute atomic E-state index is 12.8. The number of para-hydroxylation sites is 2. The zero-order valence-electron chi connectivity index (χ0n) is 17.8. The smallest absolute Gasteiger partial charge is 0.268 e. The van der Waals surface area contributed by atoms with Crippen molar-refractivity contribution < 1.29 is 14.3 Å². The van der Waals surface area contributed by atoms with Crippen LogP contribution in [0.1, 0.15) is 23.1 Å². The zero-order valence-corrected chi connectivity index (χ0v) is 18.6. The Kier molecular flexibility index (Phi) is 5.63. The Morgan fingerprint density at radius 2 is 1.97 bits per heavy atom. The summed E-state index contributed by atoms with van der Waals surface area (Å²) in [4.78, 5) is 35.1. The van der Waals surface area contributed by atoms with Crippen LogP contribution in [-0.4, -0.2) is 40.9 Å². The molecule has 2 amide bonds. The molecule has 8 heteroatoms. The molecule has 1 N–H and O–H groups in total. The van der Waals surface area contributed by atoms with Gasteiger partial charge in [-0.15, -0.1) is 11.3 Å². The predicted octanol–water partition coefficient (Wildman–Crippen LogP) is 3.45. The van der Waals surface area contributed by atoms with Gasteiger partial charge in [-0.3, -0.25) is 19.4 Å². The highest BCUT2D eigenvalue weighted by Crippen LogP contribution is 2.34. The van der Waals surface area contributed by atoms with E-state index in [4.69, 9.17) is 4.74 Å². The Morgan fingerprint density at radius 3 is 2.81 bits per heavy atom. The molecule has 32 heavy (non-hydrogen) atoms. The molecule has 2 aromatic carbocycles. The maximum atomic E-state index is 12.8. The molecule has 0 saturated carbocycles. The van der Waals surface area contributed by atoms with Gasteiger partial charge in [-0.1, -0.05) is 42.5 Å². The third kappa shape index (κ3) is 4.24. The topological polar surface area (TPSA) is 74.8 Å². The lowest BCUT2D eigenvalue weighted by molar-refractivity contribution is -0.127. The number of rotatable bonds is 5. The van der Waals surface area contributed by atoms with Crippen molar-refractivity contribution in [3.8, 4) is 5.75 Å². The van der Waals surface area contributed by atoms with Crippen LogP contribution in [0.2, 0.25) is 0 Å². The minimum absolute atomic E-state index is 0.0755. The molecular weight excluding hydrogens is 424 g/mol. The average Bonchev–Trinajstić information content (AvgIpc) is 3.19. The Labute approximate surface area is 190 Å². The van der Waals surface area contributed by atoms with E-state index in [0.29, 0.717) is 16.6 Å². The number of fused-ring (bicyclic) bond motifs is 2. The van der Waals surface area contributed by atoms with Crippen molar-refractivity contribution in [2.24, 2.45) is 0 Å². The van der Waals surface area contributed by atoms with E-state index in [1.54, 1.807) is 19.1 Å². The van der Waals surface area contributed by atoms with Crippen molar-refractivity contribution in [2.75, 3.05) is 23.3 Å². The van der Waals surface area contributed by atoms with E-state index in [1.165, 1.54) is 26.7 Å². The predicted molar refractivity (Wildman–Crippen MR) is 124 cm³/mol. The van der Waals surface area contributed by atoms with Gasteiger partial charge in [0.15, 0.2) is 11.2 Å². The van der Waals surface area contributed by atoms with Crippen LogP contribution in [0.5, 0.6) is 5.75 Å². The molecule has 2 aliphatic heterocycles. The number of thiazole rings is 1. The lowest BCUT2D eigenvalue weighted by Crippen LogP contribution is -2.47. The van der Waals surface area contributed by atoms with Gasteiger partial charge in [-0.25, -0.2) is 4.98 Å². The average molecular weight is 449 g/mol. The first-order chi connectivity index (χ1) is 15.6. The number of nitrogens with zero attached hydrogens (tertiary/aromatic N) is 3. The molecule has 0 radical (unpaired) electrons. The first kappa shape index (κ1) is 20.7. The van der Waals surface area contributed by atoms with Gasteiger partial charge in [0.05, 0.1) is 11.4 Å². The fourth-order valence-electron chi connectivity index (χ4n) is 4.10. The second-order valence-corrected chi connectivity index (χ2v) is 9.12. The van der Waals surface area contributed by atoms with E-state index in [9.17, 15) is 9.59 Å². The first-order valence-corrected chi connectivity index (χ1v) is 11.5. The monoisotopic (exact) mass is 448 g/mol. The molecular formula is C24H24N4O3S. The summed E-state index contributed by atoms with van der Waals surface area (Å²) in [5, 5.41) is 3.48. The lowest BCUT2D eigenvalue weighted by Gasteiger charge is -2.32. The fraction of sp³-hybridized carbons (Fsp3) is 0.292. The molecule has 0 bridgehead atoms. The largest absolute Gasteiger partial charge is 0.479 e. The number of carbonyl (C=O) groups is 2. The number of amides is 2. The summed E-state index contributed by atoms with van der Waals surface area (Å²) < 4.78 is 5.64. The lowest BCUT2D eigenvalue weighted by atomic mass is 10.1. The van der Waals surface area contributed by atoms with E-state index < -0.39 is 6.10 Å². The van der Waals surface area contributed by atoms with Gasteiger partial charge < -0.3 is 10.1 Å². The van der Waals surface area contributed by atoms with Crippen LogP contribution in [0, 0.1) is 0 Å². The summed E-state index contributed by atoms with van der Waals surface area (Å²) in [7, 11) is 0. The van der Waals surface area contributed by atoms with Crippen LogP contribution in [0.3, 0.4) is 0 Å². The van der Waals surface area contributed by atoms with Crippen LogP contribution in [0.4, 0.5) is 10.8 Å². The van der Waals surface area contributed by atoms with Crippen LogP contribution >= 0.6 is 11.3 Å². The number of carbonyl (C=O) groups excluding carboxylic acids is 2. The Morgan fingerprint density at radius 1 is 1.19 bits per heavy atom. The van der Waals surface area contributed by atoms with E-state index >= 15 is 0 Å². The van der Waals surface area contributed by atoms with Crippen LogP contribution < -0.4 is 15.0 Å². The standard InChI is InChI=1S/C24H24N4O3S/c1-16-23(30)28(19-9-5-6-10-20(19)31-16)15-22(29)26-24-25-18-11-12-27(14-21(18)32-24)13-17-7-3-2-4-8-17/h2-10,16H,11-15H2,1H3,(H,25,26,29). The zero-order chi connectivity index (χ0) is 22.1. The summed E-state index contributed by atoms with van der Waals surface area (Å²) in [6, 6.07) is 17.7. The molecule has 1 unspecified atom stereocenters. The molecule has 2 aliphatic rings. The van der Waals surface area contributed by atoms with E-state index in [0.717, 1.165) is 31.7 Å². The molecule has 0 saturated heterocycles. The number of benzene rings is 2. The van der Waals surface area contributed by atoms with E-state index in [-0.39, 0.29) is 18.4 Å². The normalized spacial score (nSPS) is 18.0. The molecule has 5 rings (SSSR count). The summed E-state index contributed by atoms with van der Waals surface area (Å²) in [5.74, 6) is 0.110. The fourth-order valence-corrected chi connectivity index (χ4v) is 5.17. The van der Waals surface area contributed by atoms with Crippen molar-refractivity contribution in [2.45, 2.75) is 32.5 Å². The summed E-state index contributed by atoms with van der Waals surface area (Å²) in [6.07, 6.45) is 0.238. The first-order valence-electron chi connectivity index (χ1n) is 10.7. The third-order valence-electron chi connectivity index (χ3n) is 5.68. The Bertz CT molecular complexity index is 1150. The van der Waals surface area contributed by atoms with Gasteiger partial charge in [-0.2, -0.15) is 0 Å². The number of hydrogen-bond acceptors (Lipinski definition) is 6. The maximum Gasteiger partial charge on any atom is 0.268 e. The highest BCUT2D eigenvalue weighted by Gasteiger charge is 2.32. The summed E-state index contributed by atoms with van der Waals surface area (Å²) in [6.45, 7) is 4.28. The minimum Gasteiger partial charge on any atom is -0.479 e. The molecule has 1 atom stereocenters. The molecule has 164 valence electrons. The molecule has 0 spiro atoms. The molecule has 7 nitrogen and oxygen atoms in total. The third-order valence-corrected chi connectivity index (χ3v) is 6.68. The molecule has 0 fully saturated rings. The van der Waals surface area contributed by atoms with Crippen molar-refractivity contribution in [1.29, 1.82) is 0 Å². The highest BCUT2D eigenvalue weighted by molar-refractivity contribution is 7.15. The van der Waals surface area contributed by atoms with Gasteiger partial charge in [0, 0.05) is 30.9 Å². The molecule has 0 aliphatic carbocycles. The van der Waals surface area contributed by atoms with Gasteiger partial charge in [0.2, 0.25) is 5.91 Å². The number of anilines is 2. The quantitative estimate of drug-likeness (QED) is 0.647. The van der Waals surface area contributed by atoms with Crippen molar-refractivity contribution >= 4 is 34.0 Å². The number of hydrogen-bond donors (Lipinski definition) is 1. The van der Waals surface area contributed by atoms with Crippen LogP contribution in [-0.2, 0) is 29.1 Å². The van der Waals surface area contributed by atoms with Gasteiger partial charge in [0.25, 0.3) is 5.91 Å². The van der Waals surface area contributed by atoms with Gasteiger partial charge in [0.1, 0.15) is 12.3 Å². The van der Waals surface area contributed by atoms with E-state index in [1.807, 2.05) is 18.2 Å². The minimum atomic E-state index is -0.625. The summed E-state index contributed by atoms with van der Waals surface area (Å²) in [5.41, 5.74) is 2.95. The number of nitrogens with one attached hydrogen (secondary N) is 1. The Balaban J connectivity index is 1.24. The number of aromatic nitrogens is 1. The SMILES string of the molecule is CC1Oc2ccccc2N(CC(=O)Nc2nc3c(s2)CN(Cc2ccccc2)CC3)C1=O. The van der Waals surface area contributed by atoms with Crippen molar-refractivity contribution in [1.82, 2.24) is 9.88 Å². The molecule has 3 heterocycles. The molecule has 1 aromatic heterocycles. The molecule has 3 aromatic rings. The van der Waals surface area contributed by atoms with E-state index in [2.05, 4.69) is 39.5 Å². The summed E-state index contributed by atoms with van der Waals surface area (Å²) >= 11 is 1.51. The Hall–Kier alpha value is -3.23. The number of ether oxygens (including phenoxy) is 1. The second-order valence-electron chi connectivity index (χ2n) is 8.04. The van der Waals surface area contributed by atoms with Crippen LogP contribution in [0.25, 0.3) is 0 Å². The van der Waals surface area contributed by atoms with Crippen molar-refractivity contribution in [3.63, 3.8) is 0 Å². The van der Waals surface area contributed by atoms with Gasteiger partial charge >= 0.3 is 0 Å².